The zero-order valence-electron chi connectivity index (χ0n) is 10.6. The van der Waals surface area contributed by atoms with E-state index in [0.717, 1.165) is 5.56 Å². The smallest absolute Gasteiger partial charge is 0.284 e. The van der Waals surface area contributed by atoms with Crippen LogP contribution in [0.3, 0.4) is 0 Å². The summed E-state index contributed by atoms with van der Waals surface area (Å²) < 4.78 is 1.19. The first kappa shape index (κ1) is 13.2. The minimum Gasteiger partial charge on any atom is -0.365 e. The average molecular weight is 275 g/mol. The van der Waals surface area contributed by atoms with Gasteiger partial charge < -0.3 is 5.73 Å². The molecule has 0 spiro atoms. The molecule has 0 aliphatic heterocycles. The Hall–Kier alpha value is -2.21. The first-order valence-electron chi connectivity index (χ1n) is 5.60. The highest BCUT2D eigenvalue weighted by Gasteiger charge is 2.14. The summed E-state index contributed by atoms with van der Waals surface area (Å²) in [5, 5.41) is 7.94. The van der Waals surface area contributed by atoms with E-state index >= 15 is 0 Å². The zero-order valence-corrected chi connectivity index (χ0v) is 11.4. The number of hydrogen-bond donors (Lipinski definition) is 1. The van der Waals surface area contributed by atoms with Gasteiger partial charge in [0.25, 0.3) is 11.5 Å². The van der Waals surface area contributed by atoms with Crippen LogP contribution in [0, 0.1) is 13.8 Å². The second-order valence-electron chi connectivity index (χ2n) is 4.13. The Morgan fingerprint density at radius 1 is 1.47 bits per heavy atom. The van der Waals surface area contributed by atoms with Gasteiger partial charge in [0.2, 0.25) is 0 Å². The van der Waals surface area contributed by atoms with Crippen molar-refractivity contribution in [1.29, 1.82) is 0 Å². The Bertz CT molecular complexity index is 699. The van der Waals surface area contributed by atoms with Crippen molar-refractivity contribution in [3.8, 4) is 0 Å². The van der Waals surface area contributed by atoms with E-state index in [4.69, 9.17) is 5.73 Å². The minimum atomic E-state index is -0.734. The van der Waals surface area contributed by atoms with Gasteiger partial charge in [-0.1, -0.05) is 0 Å². The lowest BCUT2D eigenvalue weighted by Crippen LogP contribution is -2.30. The molecule has 0 saturated carbocycles. The molecule has 0 fully saturated rings. The fraction of sp³-hybridized carbons (Fsp3) is 0.154. The van der Waals surface area contributed by atoms with E-state index in [9.17, 15) is 9.59 Å². The number of aromatic nitrogens is 1. The number of nitrogens with zero attached hydrogens (tertiary/aromatic N) is 2. The Balaban J connectivity index is 2.55. The molecule has 98 valence electrons. The summed E-state index contributed by atoms with van der Waals surface area (Å²) in [7, 11) is 0. The molecule has 2 heterocycles. The lowest BCUT2D eigenvalue weighted by atomic mass is 10.1. The number of pyridine rings is 1. The van der Waals surface area contributed by atoms with E-state index < -0.39 is 11.5 Å². The van der Waals surface area contributed by atoms with Crippen LogP contribution in [0.1, 0.15) is 27.2 Å². The van der Waals surface area contributed by atoms with E-state index in [1.54, 1.807) is 37.5 Å². The van der Waals surface area contributed by atoms with Crippen molar-refractivity contribution in [2.75, 3.05) is 0 Å². The molecule has 0 unspecified atom stereocenters. The lowest BCUT2D eigenvalue weighted by molar-refractivity contribution is 0.0997. The summed E-state index contributed by atoms with van der Waals surface area (Å²) in [6, 6.07) is 3.60. The lowest BCUT2D eigenvalue weighted by Gasteiger charge is -2.07. The first-order chi connectivity index (χ1) is 9.00. The molecule has 2 N–H and O–H groups in total. The number of carbonyl (C=O) groups is 1. The zero-order chi connectivity index (χ0) is 14.0. The Morgan fingerprint density at radius 3 is 2.79 bits per heavy atom. The molecule has 2 rings (SSSR count). The van der Waals surface area contributed by atoms with E-state index in [1.165, 1.54) is 4.68 Å². The van der Waals surface area contributed by atoms with Crippen LogP contribution >= 0.6 is 11.3 Å². The third-order valence-electron chi connectivity index (χ3n) is 2.67. The fourth-order valence-electron chi connectivity index (χ4n) is 1.80. The van der Waals surface area contributed by atoms with Crippen molar-refractivity contribution in [2.45, 2.75) is 13.8 Å². The Labute approximate surface area is 114 Å². The molecule has 5 nitrogen and oxygen atoms in total. The molecule has 0 aliphatic carbocycles. The van der Waals surface area contributed by atoms with Crippen molar-refractivity contribution < 1.29 is 4.79 Å². The predicted octanol–water partition coefficient (Wildman–Crippen LogP) is 1.51. The highest BCUT2D eigenvalue weighted by molar-refractivity contribution is 7.08. The number of thiophene rings is 1. The average Bonchev–Trinajstić information content (AvgIpc) is 2.80. The molecule has 0 bridgehead atoms. The minimum absolute atomic E-state index is 0.0203. The topological polar surface area (TPSA) is 77.4 Å². The van der Waals surface area contributed by atoms with Crippen LogP contribution < -0.4 is 11.3 Å². The van der Waals surface area contributed by atoms with E-state index in [-0.39, 0.29) is 5.56 Å². The fourth-order valence-corrected chi connectivity index (χ4v) is 2.41. The van der Waals surface area contributed by atoms with Crippen LogP contribution in [0.5, 0.6) is 0 Å². The molecule has 2 aromatic heterocycles. The van der Waals surface area contributed by atoms with E-state index in [0.29, 0.717) is 11.3 Å². The standard InChI is InChI=1S/C13H13N3O2S/c1-8-5-9(2)16(13(18)11(8)12(14)17)15-6-10-3-4-19-7-10/h3-7H,1-2H3,(H2,14,17). The summed E-state index contributed by atoms with van der Waals surface area (Å²) in [5.41, 5.74) is 6.83. The molecular formula is C13H13N3O2S. The molecular weight excluding hydrogens is 262 g/mol. The molecule has 0 saturated heterocycles. The van der Waals surface area contributed by atoms with Crippen LogP contribution in [0.15, 0.2) is 32.8 Å². The van der Waals surface area contributed by atoms with E-state index in [2.05, 4.69) is 5.10 Å². The van der Waals surface area contributed by atoms with Gasteiger partial charge in [0.05, 0.1) is 6.21 Å². The van der Waals surface area contributed by atoms with Gasteiger partial charge in [0.15, 0.2) is 0 Å². The van der Waals surface area contributed by atoms with Crippen LogP contribution in [-0.4, -0.2) is 16.8 Å². The van der Waals surface area contributed by atoms with Crippen molar-refractivity contribution in [1.82, 2.24) is 4.68 Å². The molecule has 6 heteroatoms. The summed E-state index contributed by atoms with van der Waals surface area (Å²) in [4.78, 5) is 23.5. The molecule has 1 amide bonds. The van der Waals surface area contributed by atoms with Gasteiger partial charge >= 0.3 is 0 Å². The van der Waals surface area contributed by atoms with Crippen LogP contribution in [0.4, 0.5) is 0 Å². The number of hydrogen-bond acceptors (Lipinski definition) is 4. The van der Waals surface area contributed by atoms with Crippen molar-refractivity contribution in [3.63, 3.8) is 0 Å². The third-order valence-corrected chi connectivity index (χ3v) is 3.37. The monoisotopic (exact) mass is 275 g/mol. The van der Waals surface area contributed by atoms with Crippen LogP contribution in [-0.2, 0) is 0 Å². The molecule has 2 aromatic rings. The second kappa shape index (κ2) is 5.19. The highest BCUT2D eigenvalue weighted by atomic mass is 32.1. The number of nitrogens with two attached hydrogens (primary N) is 1. The number of amides is 1. The summed E-state index contributed by atoms with van der Waals surface area (Å²) in [6.45, 7) is 3.44. The summed E-state index contributed by atoms with van der Waals surface area (Å²) in [6.07, 6.45) is 1.57. The predicted molar refractivity (Wildman–Crippen MR) is 76.0 cm³/mol. The van der Waals surface area contributed by atoms with Crippen molar-refractivity contribution >= 4 is 23.5 Å². The van der Waals surface area contributed by atoms with Gasteiger partial charge in [0.1, 0.15) is 5.56 Å². The van der Waals surface area contributed by atoms with E-state index in [1.807, 2.05) is 16.8 Å². The van der Waals surface area contributed by atoms with Gasteiger partial charge in [-0.05, 0) is 42.3 Å². The number of primary amides is 1. The molecule has 0 aromatic carbocycles. The maximum atomic E-state index is 12.2. The van der Waals surface area contributed by atoms with Gasteiger partial charge in [-0.15, -0.1) is 0 Å². The highest BCUT2D eigenvalue weighted by Crippen LogP contribution is 2.07. The molecule has 19 heavy (non-hydrogen) atoms. The maximum absolute atomic E-state index is 12.2. The SMILES string of the molecule is Cc1cc(C)n(N=Cc2ccsc2)c(=O)c1C(N)=O. The largest absolute Gasteiger partial charge is 0.365 e. The van der Waals surface area contributed by atoms with Gasteiger partial charge in [-0.2, -0.15) is 16.4 Å². The summed E-state index contributed by atoms with van der Waals surface area (Å²) >= 11 is 1.54. The van der Waals surface area contributed by atoms with Crippen LogP contribution in [0.25, 0.3) is 0 Å². The van der Waals surface area contributed by atoms with Gasteiger partial charge in [-0.25, -0.2) is 4.68 Å². The molecule has 0 atom stereocenters. The van der Waals surface area contributed by atoms with Gasteiger partial charge in [-0.3, -0.25) is 9.59 Å². The van der Waals surface area contributed by atoms with Gasteiger partial charge in [0, 0.05) is 11.3 Å². The Kier molecular flexibility index (Phi) is 3.62. The normalized spacial score (nSPS) is 11.1. The molecule has 0 radical (unpaired) electrons. The maximum Gasteiger partial charge on any atom is 0.284 e. The number of rotatable bonds is 3. The number of aryl methyl sites for hydroxylation is 2. The number of carbonyl (C=O) groups excluding carboxylic acids is 1. The quantitative estimate of drug-likeness (QED) is 0.862. The summed E-state index contributed by atoms with van der Waals surface area (Å²) in [5.74, 6) is -0.734. The van der Waals surface area contributed by atoms with Crippen LogP contribution in [0.2, 0.25) is 0 Å². The second-order valence-corrected chi connectivity index (χ2v) is 4.91. The van der Waals surface area contributed by atoms with Crippen molar-refractivity contribution in [2.24, 2.45) is 10.8 Å². The first-order valence-corrected chi connectivity index (χ1v) is 6.54. The third kappa shape index (κ3) is 2.63. The van der Waals surface area contributed by atoms with Crippen molar-refractivity contribution in [3.05, 3.63) is 55.6 Å². The Morgan fingerprint density at radius 2 is 2.21 bits per heavy atom. The molecule has 0 aliphatic rings.